The van der Waals surface area contributed by atoms with Crippen LogP contribution in [0.3, 0.4) is 0 Å². The minimum atomic E-state index is -2.89. The number of ether oxygens (including phenoxy) is 1. The number of rotatable bonds is 5. The highest BCUT2D eigenvalue weighted by atomic mass is 19.3. The highest BCUT2D eigenvalue weighted by molar-refractivity contribution is 5.97. The monoisotopic (exact) mass is 280 g/mol. The highest BCUT2D eigenvalue weighted by Crippen LogP contribution is 2.16. The molecule has 0 aliphatic heterocycles. The van der Waals surface area contributed by atoms with Gasteiger partial charge in [0.05, 0.1) is 0 Å². The minimum Gasteiger partial charge on any atom is -0.435 e. The Kier molecular flexibility index (Phi) is 4.40. The number of halogens is 3. The number of alkyl halides is 2. The lowest BCUT2D eigenvalue weighted by atomic mass is 10.0. The van der Waals surface area contributed by atoms with E-state index in [0.717, 1.165) is 0 Å². The molecule has 20 heavy (non-hydrogen) atoms. The van der Waals surface area contributed by atoms with Crippen LogP contribution in [0, 0.1) is 5.82 Å². The first kappa shape index (κ1) is 14.1. The van der Waals surface area contributed by atoms with Crippen LogP contribution in [0.5, 0.6) is 5.75 Å². The average Bonchev–Trinajstić information content (AvgIpc) is 2.41. The lowest BCUT2D eigenvalue weighted by molar-refractivity contribution is -0.0498. The Hall–Kier alpha value is -2.30. The zero-order chi connectivity index (χ0) is 14.5. The van der Waals surface area contributed by atoms with Crippen LogP contribution in [-0.4, -0.2) is 12.4 Å². The molecule has 0 aliphatic rings. The molecule has 104 valence electrons. The van der Waals surface area contributed by atoms with E-state index in [1.54, 1.807) is 0 Å². The van der Waals surface area contributed by atoms with Crippen LogP contribution < -0.4 is 4.74 Å². The number of carbonyl (C=O) groups excluding carboxylic acids is 1. The third-order valence-electron chi connectivity index (χ3n) is 2.68. The van der Waals surface area contributed by atoms with E-state index in [9.17, 15) is 18.0 Å². The van der Waals surface area contributed by atoms with Gasteiger partial charge < -0.3 is 4.74 Å². The summed E-state index contributed by atoms with van der Waals surface area (Å²) in [5, 5.41) is 0. The number of hydrogen-bond acceptors (Lipinski definition) is 2. The van der Waals surface area contributed by atoms with Crippen LogP contribution >= 0.6 is 0 Å². The summed E-state index contributed by atoms with van der Waals surface area (Å²) in [5.41, 5.74) is 1.07. The predicted molar refractivity (Wildman–Crippen MR) is 67.5 cm³/mol. The summed E-state index contributed by atoms with van der Waals surface area (Å²) in [7, 11) is 0. The number of hydrogen-bond donors (Lipinski definition) is 0. The van der Waals surface area contributed by atoms with Gasteiger partial charge in [-0.2, -0.15) is 8.78 Å². The van der Waals surface area contributed by atoms with Gasteiger partial charge in [-0.05, 0) is 42.0 Å². The van der Waals surface area contributed by atoms with Crippen LogP contribution in [0.15, 0.2) is 48.5 Å². The van der Waals surface area contributed by atoms with E-state index in [0.29, 0.717) is 11.1 Å². The predicted octanol–water partition coefficient (Wildman–Crippen LogP) is 3.85. The fraction of sp³-hybridized carbons (Fsp3) is 0.133. The summed E-state index contributed by atoms with van der Waals surface area (Å²) in [6.45, 7) is -2.89. The molecule has 2 aromatic carbocycles. The standard InChI is InChI=1S/C15H11F3O2/c16-12-5-1-10(2-6-12)9-14(19)11-3-7-13(8-4-11)20-15(17)18/h1-8,15H,9H2. The first-order valence-corrected chi connectivity index (χ1v) is 5.87. The van der Waals surface area contributed by atoms with Crippen molar-refractivity contribution < 1.29 is 22.7 Å². The summed E-state index contributed by atoms with van der Waals surface area (Å²) < 4.78 is 40.9. The Bertz CT molecular complexity index is 577. The number of Topliss-reactive ketones (excluding diaryl/α,β-unsaturated/α-hetero) is 1. The Morgan fingerprint density at radius 3 is 2.15 bits per heavy atom. The normalized spacial score (nSPS) is 10.6. The smallest absolute Gasteiger partial charge is 0.387 e. The van der Waals surface area contributed by atoms with Gasteiger partial charge in [-0.1, -0.05) is 12.1 Å². The second-order valence-electron chi connectivity index (χ2n) is 4.13. The number of ketones is 1. The molecule has 0 saturated carbocycles. The summed E-state index contributed by atoms with van der Waals surface area (Å²) in [6.07, 6.45) is 0.120. The van der Waals surface area contributed by atoms with Crippen molar-refractivity contribution in [2.45, 2.75) is 13.0 Å². The van der Waals surface area contributed by atoms with Gasteiger partial charge in [-0.25, -0.2) is 4.39 Å². The third kappa shape index (κ3) is 3.85. The number of benzene rings is 2. The molecule has 5 heteroatoms. The summed E-state index contributed by atoms with van der Waals surface area (Å²) in [4.78, 5) is 11.9. The molecule has 0 saturated heterocycles. The molecule has 0 unspecified atom stereocenters. The Morgan fingerprint density at radius 1 is 1.00 bits per heavy atom. The van der Waals surface area contributed by atoms with Crippen LogP contribution in [0.4, 0.5) is 13.2 Å². The highest BCUT2D eigenvalue weighted by Gasteiger charge is 2.09. The van der Waals surface area contributed by atoms with Crippen molar-refractivity contribution in [3.05, 3.63) is 65.5 Å². The maximum Gasteiger partial charge on any atom is 0.387 e. The minimum absolute atomic E-state index is 0.00154. The molecule has 2 aromatic rings. The Labute approximate surface area is 113 Å². The molecule has 0 heterocycles. The second kappa shape index (κ2) is 6.23. The fourth-order valence-corrected chi connectivity index (χ4v) is 1.71. The van der Waals surface area contributed by atoms with Gasteiger partial charge >= 0.3 is 6.61 Å². The van der Waals surface area contributed by atoms with Gasteiger partial charge in [-0.3, -0.25) is 4.79 Å². The van der Waals surface area contributed by atoms with Crippen LogP contribution in [0.1, 0.15) is 15.9 Å². The van der Waals surface area contributed by atoms with E-state index < -0.39 is 6.61 Å². The van der Waals surface area contributed by atoms with Crippen molar-refractivity contribution in [2.75, 3.05) is 0 Å². The summed E-state index contributed by atoms with van der Waals surface area (Å²) >= 11 is 0. The SMILES string of the molecule is O=C(Cc1ccc(F)cc1)c1ccc(OC(F)F)cc1. The van der Waals surface area contributed by atoms with E-state index in [4.69, 9.17) is 0 Å². The molecule has 2 nitrogen and oxygen atoms in total. The zero-order valence-corrected chi connectivity index (χ0v) is 10.4. The molecule has 0 bridgehead atoms. The molecule has 0 fully saturated rings. The van der Waals surface area contributed by atoms with Crippen LogP contribution in [0.2, 0.25) is 0 Å². The first-order valence-electron chi connectivity index (χ1n) is 5.87. The van der Waals surface area contributed by atoms with E-state index in [1.165, 1.54) is 48.5 Å². The van der Waals surface area contributed by atoms with Crippen molar-refractivity contribution >= 4 is 5.78 Å². The van der Waals surface area contributed by atoms with E-state index in [1.807, 2.05) is 0 Å². The van der Waals surface area contributed by atoms with Crippen LogP contribution in [-0.2, 0) is 6.42 Å². The summed E-state index contributed by atoms with van der Waals surface area (Å²) in [6, 6.07) is 11.1. The zero-order valence-electron chi connectivity index (χ0n) is 10.4. The maximum atomic E-state index is 12.7. The molecule has 0 aromatic heterocycles. The van der Waals surface area contributed by atoms with Gasteiger partial charge in [-0.15, -0.1) is 0 Å². The van der Waals surface area contributed by atoms with E-state index in [-0.39, 0.29) is 23.8 Å². The van der Waals surface area contributed by atoms with E-state index in [2.05, 4.69) is 4.74 Å². The van der Waals surface area contributed by atoms with Crippen molar-refractivity contribution in [2.24, 2.45) is 0 Å². The molecular formula is C15H11F3O2. The van der Waals surface area contributed by atoms with Crippen molar-refractivity contribution in [3.63, 3.8) is 0 Å². The quantitative estimate of drug-likeness (QED) is 0.777. The largest absolute Gasteiger partial charge is 0.435 e. The molecule has 0 N–H and O–H groups in total. The first-order chi connectivity index (χ1) is 9.54. The second-order valence-corrected chi connectivity index (χ2v) is 4.13. The third-order valence-corrected chi connectivity index (χ3v) is 2.68. The lowest BCUT2D eigenvalue weighted by Crippen LogP contribution is -2.05. The van der Waals surface area contributed by atoms with Crippen molar-refractivity contribution in [1.29, 1.82) is 0 Å². The Morgan fingerprint density at radius 2 is 1.60 bits per heavy atom. The fourth-order valence-electron chi connectivity index (χ4n) is 1.71. The van der Waals surface area contributed by atoms with Gasteiger partial charge in [0.1, 0.15) is 11.6 Å². The van der Waals surface area contributed by atoms with Gasteiger partial charge in [0.25, 0.3) is 0 Å². The Balaban J connectivity index is 2.03. The molecule has 0 amide bonds. The summed E-state index contributed by atoms with van der Waals surface area (Å²) in [5.74, 6) is -0.548. The molecule has 0 aliphatic carbocycles. The van der Waals surface area contributed by atoms with Crippen LogP contribution in [0.25, 0.3) is 0 Å². The van der Waals surface area contributed by atoms with E-state index >= 15 is 0 Å². The topological polar surface area (TPSA) is 26.3 Å². The van der Waals surface area contributed by atoms with Crippen molar-refractivity contribution in [1.82, 2.24) is 0 Å². The average molecular weight is 280 g/mol. The molecule has 2 rings (SSSR count). The van der Waals surface area contributed by atoms with Crippen molar-refractivity contribution in [3.8, 4) is 5.75 Å². The van der Waals surface area contributed by atoms with Gasteiger partial charge in [0.15, 0.2) is 5.78 Å². The van der Waals surface area contributed by atoms with Gasteiger partial charge in [0, 0.05) is 12.0 Å². The molecule has 0 atom stereocenters. The van der Waals surface area contributed by atoms with Gasteiger partial charge in [0.2, 0.25) is 0 Å². The molecule has 0 radical (unpaired) electrons. The number of carbonyl (C=O) groups is 1. The maximum absolute atomic E-state index is 12.7. The molecular weight excluding hydrogens is 269 g/mol. The molecule has 0 spiro atoms. The lowest BCUT2D eigenvalue weighted by Gasteiger charge is -2.05.